The van der Waals surface area contributed by atoms with Crippen LogP contribution >= 0.6 is 23.2 Å². The first-order chi connectivity index (χ1) is 16.5. The number of amides is 2. The molecule has 1 atom stereocenters. The molecule has 0 spiro atoms. The average molecular weight is 543 g/mol. The maximum absolute atomic E-state index is 13.2. The fourth-order valence-corrected chi connectivity index (χ4v) is 4.73. The van der Waals surface area contributed by atoms with Gasteiger partial charge in [0.1, 0.15) is 6.04 Å². The van der Waals surface area contributed by atoms with E-state index in [-0.39, 0.29) is 37.7 Å². The second kappa shape index (κ2) is 13.7. The van der Waals surface area contributed by atoms with Crippen LogP contribution in [0.25, 0.3) is 0 Å². The maximum Gasteiger partial charge on any atom is 0.242 e. The van der Waals surface area contributed by atoms with Crippen molar-refractivity contribution in [2.75, 3.05) is 23.7 Å². The molecule has 35 heavy (non-hydrogen) atoms. The lowest BCUT2D eigenvalue weighted by atomic mass is 10.1. The Bertz CT molecular complexity index is 1080. The summed E-state index contributed by atoms with van der Waals surface area (Å²) < 4.78 is 26.0. The van der Waals surface area contributed by atoms with E-state index in [1.54, 1.807) is 43.3 Å². The minimum atomic E-state index is -3.56. The summed E-state index contributed by atoms with van der Waals surface area (Å²) in [7, 11) is -3.56. The van der Waals surface area contributed by atoms with Gasteiger partial charge in [0.15, 0.2) is 0 Å². The molecule has 0 bridgehead atoms. The number of nitrogens with one attached hydrogen (secondary N) is 1. The molecule has 10 heteroatoms. The van der Waals surface area contributed by atoms with Gasteiger partial charge in [-0.15, -0.1) is 0 Å². The van der Waals surface area contributed by atoms with Crippen LogP contribution in [0, 0.1) is 0 Å². The van der Waals surface area contributed by atoms with Gasteiger partial charge in [-0.3, -0.25) is 13.9 Å². The first-order valence-electron chi connectivity index (χ1n) is 11.6. The van der Waals surface area contributed by atoms with Crippen LogP contribution < -0.4 is 9.62 Å². The van der Waals surface area contributed by atoms with E-state index in [0.717, 1.165) is 24.7 Å². The SMILES string of the molecule is CCCCNC(=O)[C@@H](C)N(Cc1ccc(Cl)cc1)C(=O)CCCN(c1ccc(Cl)cc1)S(C)(=O)=O. The molecule has 2 aromatic rings. The molecule has 7 nitrogen and oxygen atoms in total. The summed E-state index contributed by atoms with van der Waals surface area (Å²) in [5, 5.41) is 3.97. The van der Waals surface area contributed by atoms with Crippen molar-refractivity contribution >= 4 is 50.7 Å². The van der Waals surface area contributed by atoms with Crippen LogP contribution in [0.4, 0.5) is 5.69 Å². The molecule has 192 valence electrons. The Labute approximate surface area is 218 Å². The van der Waals surface area contributed by atoms with Gasteiger partial charge in [0.05, 0.1) is 11.9 Å². The molecule has 0 aromatic heterocycles. The van der Waals surface area contributed by atoms with Gasteiger partial charge >= 0.3 is 0 Å². The van der Waals surface area contributed by atoms with Gasteiger partial charge in [0, 0.05) is 36.1 Å². The van der Waals surface area contributed by atoms with Gasteiger partial charge in [-0.1, -0.05) is 48.7 Å². The summed E-state index contributed by atoms with van der Waals surface area (Å²) in [5.74, 6) is -0.456. The van der Waals surface area contributed by atoms with Crippen LogP contribution in [0.1, 0.15) is 45.1 Å². The summed E-state index contributed by atoms with van der Waals surface area (Å²) >= 11 is 11.9. The summed E-state index contributed by atoms with van der Waals surface area (Å²) in [4.78, 5) is 27.5. The van der Waals surface area contributed by atoms with Crippen LogP contribution in [-0.2, 0) is 26.2 Å². The zero-order valence-electron chi connectivity index (χ0n) is 20.3. The zero-order chi connectivity index (χ0) is 26.0. The van der Waals surface area contributed by atoms with E-state index in [4.69, 9.17) is 23.2 Å². The van der Waals surface area contributed by atoms with E-state index in [2.05, 4.69) is 5.32 Å². The Morgan fingerprint density at radius 1 is 0.971 bits per heavy atom. The van der Waals surface area contributed by atoms with Crippen LogP contribution in [0.3, 0.4) is 0 Å². The molecule has 2 aromatic carbocycles. The molecule has 0 fully saturated rings. The largest absolute Gasteiger partial charge is 0.354 e. The first-order valence-corrected chi connectivity index (χ1v) is 14.2. The maximum atomic E-state index is 13.2. The number of carbonyl (C=O) groups is 2. The van der Waals surface area contributed by atoms with E-state index in [1.807, 2.05) is 19.1 Å². The molecule has 1 N–H and O–H groups in total. The first kappa shape index (κ1) is 28.9. The number of halogens is 2. The quantitative estimate of drug-likeness (QED) is 0.366. The predicted molar refractivity (Wildman–Crippen MR) is 142 cm³/mol. The van der Waals surface area contributed by atoms with Gasteiger partial charge < -0.3 is 10.2 Å². The summed E-state index contributed by atoms with van der Waals surface area (Å²) in [5.41, 5.74) is 1.32. The number of nitrogens with zero attached hydrogens (tertiary/aromatic N) is 2. The third-order valence-electron chi connectivity index (χ3n) is 5.53. The highest BCUT2D eigenvalue weighted by Crippen LogP contribution is 2.21. The highest BCUT2D eigenvalue weighted by atomic mass is 35.5. The van der Waals surface area contributed by atoms with Gasteiger partial charge in [0.25, 0.3) is 0 Å². The topological polar surface area (TPSA) is 86.8 Å². The molecule has 0 heterocycles. The van der Waals surface area contributed by atoms with Crippen molar-refractivity contribution in [2.24, 2.45) is 0 Å². The van der Waals surface area contributed by atoms with E-state index in [1.165, 1.54) is 9.21 Å². The van der Waals surface area contributed by atoms with Gasteiger partial charge in [-0.2, -0.15) is 0 Å². The number of carbonyl (C=O) groups excluding carboxylic acids is 2. The van der Waals surface area contributed by atoms with Crippen molar-refractivity contribution in [1.82, 2.24) is 10.2 Å². The molecule has 0 radical (unpaired) electrons. The van der Waals surface area contributed by atoms with Gasteiger partial charge in [0.2, 0.25) is 21.8 Å². The molecule has 2 rings (SSSR count). The molecule has 0 saturated carbocycles. The zero-order valence-corrected chi connectivity index (χ0v) is 22.7. The molecule has 2 amide bonds. The van der Waals surface area contributed by atoms with Crippen LogP contribution in [0.5, 0.6) is 0 Å². The van der Waals surface area contributed by atoms with Gasteiger partial charge in [-0.05, 0) is 61.7 Å². The third kappa shape index (κ3) is 9.35. The fourth-order valence-electron chi connectivity index (χ4n) is 3.52. The van der Waals surface area contributed by atoms with Crippen molar-refractivity contribution in [2.45, 2.75) is 52.1 Å². The van der Waals surface area contributed by atoms with Crippen LogP contribution in [0.2, 0.25) is 10.0 Å². The highest BCUT2D eigenvalue weighted by molar-refractivity contribution is 7.92. The van der Waals surface area contributed by atoms with E-state index >= 15 is 0 Å². The van der Waals surface area contributed by atoms with E-state index in [9.17, 15) is 18.0 Å². The van der Waals surface area contributed by atoms with Gasteiger partial charge in [-0.25, -0.2) is 8.42 Å². The number of hydrogen-bond acceptors (Lipinski definition) is 4. The molecule has 0 aliphatic carbocycles. The summed E-state index contributed by atoms with van der Waals surface area (Å²) in [6.45, 7) is 4.65. The number of unbranched alkanes of at least 4 members (excludes halogenated alkanes) is 1. The normalized spacial score (nSPS) is 12.1. The van der Waals surface area contributed by atoms with E-state index in [0.29, 0.717) is 22.3 Å². The lowest BCUT2D eigenvalue weighted by Gasteiger charge is -2.29. The number of anilines is 1. The monoisotopic (exact) mass is 541 g/mol. The second-order valence-corrected chi connectivity index (χ2v) is 11.2. The Morgan fingerprint density at radius 2 is 1.54 bits per heavy atom. The van der Waals surface area contributed by atoms with Crippen molar-refractivity contribution < 1.29 is 18.0 Å². The molecular weight excluding hydrogens is 509 g/mol. The minimum Gasteiger partial charge on any atom is -0.354 e. The molecule has 0 aliphatic rings. The van der Waals surface area contributed by atoms with Crippen molar-refractivity contribution in [3.8, 4) is 0 Å². The number of benzene rings is 2. The Morgan fingerprint density at radius 3 is 2.09 bits per heavy atom. The fraction of sp³-hybridized carbons (Fsp3) is 0.440. The van der Waals surface area contributed by atoms with Crippen molar-refractivity contribution in [3.05, 3.63) is 64.1 Å². The molecule has 0 unspecified atom stereocenters. The number of rotatable bonds is 13. The summed E-state index contributed by atoms with van der Waals surface area (Å²) in [6.07, 6.45) is 3.30. The third-order valence-corrected chi connectivity index (χ3v) is 7.23. The number of sulfonamides is 1. The van der Waals surface area contributed by atoms with Crippen molar-refractivity contribution in [3.63, 3.8) is 0 Å². The molecule has 0 saturated heterocycles. The van der Waals surface area contributed by atoms with Crippen LogP contribution in [-0.4, -0.2) is 50.5 Å². The highest BCUT2D eigenvalue weighted by Gasteiger charge is 2.26. The average Bonchev–Trinajstić information content (AvgIpc) is 2.81. The standard InChI is InChI=1S/C25H33Cl2N3O4S/c1-4-5-16-28-25(32)19(2)29(18-20-8-10-21(26)11-9-20)24(31)7-6-17-30(35(3,33)34)23-14-12-22(27)13-15-23/h8-15,19H,4-7,16-18H2,1-3H3,(H,28,32)/t19-/m1/s1. The summed E-state index contributed by atoms with van der Waals surface area (Å²) in [6, 6.07) is 12.9. The Kier molecular flexibility index (Phi) is 11.3. The Hall–Kier alpha value is -2.29. The Balaban J connectivity index is 2.12. The smallest absolute Gasteiger partial charge is 0.242 e. The van der Waals surface area contributed by atoms with Crippen molar-refractivity contribution in [1.29, 1.82) is 0 Å². The molecule has 0 aliphatic heterocycles. The van der Waals surface area contributed by atoms with E-state index < -0.39 is 16.1 Å². The number of hydrogen-bond donors (Lipinski definition) is 1. The predicted octanol–water partition coefficient (Wildman–Crippen LogP) is 4.87. The second-order valence-electron chi connectivity index (χ2n) is 8.38. The minimum absolute atomic E-state index is 0.0831. The lowest BCUT2D eigenvalue weighted by Crippen LogP contribution is -2.47. The molecular formula is C25H33Cl2N3O4S. The lowest BCUT2D eigenvalue weighted by molar-refractivity contribution is -0.140. The van der Waals surface area contributed by atoms with Crippen LogP contribution in [0.15, 0.2) is 48.5 Å².